The van der Waals surface area contributed by atoms with E-state index in [0.29, 0.717) is 11.3 Å². The third-order valence-electron chi connectivity index (χ3n) is 5.76. The van der Waals surface area contributed by atoms with Gasteiger partial charge in [-0.1, -0.05) is 19.3 Å². The van der Waals surface area contributed by atoms with Crippen molar-refractivity contribution in [3.63, 3.8) is 0 Å². The minimum Gasteiger partial charge on any atom is -0.383 e. The number of thioether (sulfide) groups is 1. The molecule has 8 heteroatoms. The third-order valence-corrected chi connectivity index (χ3v) is 6.70. The van der Waals surface area contributed by atoms with E-state index in [0.717, 1.165) is 32.5 Å². The number of nitrogens with one attached hydrogen (secondary N) is 2. The zero-order valence-electron chi connectivity index (χ0n) is 15.8. The van der Waals surface area contributed by atoms with Crippen LogP contribution in [0.5, 0.6) is 0 Å². The molecule has 1 aliphatic carbocycles. The number of hydrogen-bond donors (Lipinski definition) is 2. The zero-order valence-corrected chi connectivity index (χ0v) is 16.6. The number of nitrogens with zero attached hydrogens (tertiary/aromatic N) is 2. The molecule has 1 aromatic rings. The quantitative estimate of drug-likeness (QED) is 0.571. The number of rotatable bonds is 6. The number of hydrogen-bond acceptors (Lipinski definition) is 6. The van der Waals surface area contributed by atoms with E-state index in [-0.39, 0.29) is 17.1 Å². The summed E-state index contributed by atoms with van der Waals surface area (Å²) in [6.07, 6.45) is 6.06. The van der Waals surface area contributed by atoms with Crippen LogP contribution in [0.15, 0.2) is 18.2 Å². The van der Waals surface area contributed by atoms with Crippen molar-refractivity contribution in [2.45, 2.75) is 37.6 Å². The standard InChI is InChI=1S/C19H28N4O3S/c1-20-18(24)16-13-15(23(25)26)5-6-17(16)21-14-19(7-3-2-4-8-19)22-9-11-27-12-10-22/h5-6,13,21H,2-4,7-12,14H2,1H3,(H,20,24). The molecule has 148 valence electrons. The van der Waals surface area contributed by atoms with E-state index >= 15 is 0 Å². The van der Waals surface area contributed by atoms with E-state index in [1.165, 1.54) is 42.9 Å². The number of amides is 1. The number of nitro benzene ring substituents is 1. The predicted octanol–water partition coefficient (Wildman–Crippen LogP) is 3.12. The molecular formula is C19H28N4O3S. The first-order chi connectivity index (χ1) is 13.1. The molecule has 0 radical (unpaired) electrons. The highest BCUT2D eigenvalue weighted by Crippen LogP contribution is 2.36. The summed E-state index contributed by atoms with van der Waals surface area (Å²) in [7, 11) is 1.54. The van der Waals surface area contributed by atoms with Crippen molar-refractivity contribution >= 4 is 29.0 Å². The summed E-state index contributed by atoms with van der Waals surface area (Å²) in [5.41, 5.74) is 1.03. The molecule has 0 spiro atoms. The average Bonchev–Trinajstić information content (AvgIpc) is 2.72. The monoisotopic (exact) mass is 392 g/mol. The summed E-state index contributed by atoms with van der Waals surface area (Å²) in [6.45, 7) is 2.98. The van der Waals surface area contributed by atoms with Gasteiger partial charge in [-0.25, -0.2) is 0 Å². The third kappa shape index (κ3) is 4.55. The Morgan fingerprint density at radius 3 is 2.59 bits per heavy atom. The Labute approximate surface area is 164 Å². The van der Waals surface area contributed by atoms with E-state index in [4.69, 9.17) is 0 Å². The number of non-ortho nitro benzene ring substituents is 1. The van der Waals surface area contributed by atoms with Crippen LogP contribution >= 0.6 is 11.8 Å². The van der Waals surface area contributed by atoms with Crippen LogP contribution in [0.1, 0.15) is 42.5 Å². The Hall–Kier alpha value is -1.80. The Morgan fingerprint density at radius 1 is 1.26 bits per heavy atom. The summed E-state index contributed by atoms with van der Waals surface area (Å²) in [5, 5.41) is 17.1. The van der Waals surface area contributed by atoms with Gasteiger partial charge in [0.1, 0.15) is 0 Å². The van der Waals surface area contributed by atoms with Gasteiger partial charge in [0.2, 0.25) is 0 Å². The van der Waals surface area contributed by atoms with Crippen LogP contribution in [0, 0.1) is 10.1 Å². The summed E-state index contributed by atoms with van der Waals surface area (Å²) in [4.78, 5) is 25.5. The van der Waals surface area contributed by atoms with Gasteiger partial charge in [0, 0.05) is 61.5 Å². The van der Waals surface area contributed by atoms with Gasteiger partial charge in [-0.15, -0.1) is 0 Å². The topological polar surface area (TPSA) is 87.5 Å². The lowest BCUT2D eigenvalue weighted by atomic mass is 9.80. The second kappa shape index (κ2) is 8.93. The lowest BCUT2D eigenvalue weighted by molar-refractivity contribution is -0.384. The largest absolute Gasteiger partial charge is 0.383 e. The van der Waals surface area contributed by atoms with Crippen LogP contribution in [0.2, 0.25) is 0 Å². The number of nitro groups is 1. The van der Waals surface area contributed by atoms with Gasteiger partial charge in [0.25, 0.3) is 11.6 Å². The van der Waals surface area contributed by atoms with Crippen molar-refractivity contribution in [2.75, 3.05) is 43.5 Å². The van der Waals surface area contributed by atoms with Gasteiger partial charge < -0.3 is 10.6 Å². The Bertz CT molecular complexity index is 686. The molecular weight excluding hydrogens is 364 g/mol. The van der Waals surface area contributed by atoms with Crippen LogP contribution in [0.25, 0.3) is 0 Å². The highest BCUT2D eigenvalue weighted by atomic mass is 32.2. The fraction of sp³-hybridized carbons (Fsp3) is 0.632. The van der Waals surface area contributed by atoms with Crippen LogP contribution in [0.3, 0.4) is 0 Å². The molecule has 0 atom stereocenters. The molecule has 7 nitrogen and oxygen atoms in total. The number of benzene rings is 1. The summed E-state index contributed by atoms with van der Waals surface area (Å²) >= 11 is 2.01. The van der Waals surface area contributed by atoms with Crippen molar-refractivity contribution in [1.29, 1.82) is 0 Å². The van der Waals surface area contributed by atoms with E-state index in [2.05, 4.69) is 15.5 Å². The van der Waals surface area contributed by atoms with Gasteiger partial charge in [-0.2, -0.15) is 11.8 Å². The highest BCUT2D eigenvalue weighted by Gasteiger charge is 2.38. The van der Waals surface area contributed by atoms with E-state index in [1.54, 1.807) is 13.1 Å². The van der Waals surface area contributed by atoms with Gasteiger partial charge in [-0.3, -0.25) is 19.8 Å². The molecule has 3 rings (SSSR count). The highest BCUT2D eigenvalue weighted by molar-refractivity contribution is 7.99. The van der Waals surface area contributed by atoms with Crippen molar-refractivity contribution in [3.05, 3.63) is 33.9 Å². The number of anilines is 1. The molecule has 2 aliphatic rings. The molecule has 1 aromatic carbocycles. The number of carbonyl (C=O) groups is 1. The lowest BCUT2D eigenvalue weighted by Gasteiger charge is -2.48. The summed E-state index contributed by atoms with van der Waals surface area (Å²) in [5.74, 6) is 2.03. The maximum Gasteiger partial charge on any atom is 0.270 e. The van der Waals surface area contributed by atoms with E-state index < -0.39 is 4.92 Å². The lowest BCUT2D eigenvalue weighted by Crippen LogP contribution is -2.57. The SMILES string of the molecule is CNC(=O)c1cc([N+](=O)[O-])ccc1NCC1(N2CCSCC2)CCCCC1. The first-order valence-corrected chi connectivity index (χ1v) is 10.8. The van der Waals surface area contributed by atoms with Gasteiger partial charge in [0.05, 0.1) is 10.5 Å². The molecule has 0 bridgehead atoms. The Balaban J connectivity index is 1.82. The smallest absolute Gasteiger partial charge is 0.270 e. The van der Waals surface area contributed by atoms with Crippen LogP contribution in [-0.4, -0.2) is 59.5 Å². The molecule has 1 saturated heterocycles. The molecule has 2 fully saturated rings. The molecule has 0 unspecified atom stereocenters. The molecule has 1 amide bonds. The Kier molecular flexibility index (Phi) is 6.59. The molecule has 1 saturated carbocycles. The average molecular weight is 393 g/mol. The molecule has 0 aromatic heterocycles. The molecule has 1 aliphatic heterocycles. The van der Waals surface area contributed by atoms with Gasteiger partial charge in [0.15, 0.2) is 0 Å². The van der Waals surface area contributed by atoms with Crippen molar-refractivity contribution in [3.8, 4) is 0 Å². The fourth-order valence-electron chi connectivity index (χ4n) is 4.23. The molecule has 2 N–H and O–H groups in total. The first-order valence-electron chi connectivity index (χ1n) is 9.63. The van der Waals surface area contributed by atoms with E-state index in [1.807, 2.05) is 11.8 Å². The molecule has 27 heavy (non-hydrogen) atoms. The normalized spacial score (nSPS) is 20.0. The van der Waals surface area contributed by atoms with Crippen LogP contribution in [0.4, 0.5) is 11.4 Å². The predicted molar refractivity (Wildman–Crippen MR) is 110 cm³/mol. The minimum atomic E-state index is -0.468. The maximum absolute atomic E-state index is 12.3. The summed E-state index contributed by atoms with van der Waals surface area (Å²) in [6, 6.07) is 4.47. The molecule has 1 heterocycles. The Morgan fingerprint density at radius 2 is 1.96 bits per heavy atom. The minimum absolute atomic E-state index is 0.0698. The summed E-state index contributed by atoms with van der Waals surface area (Å²) < 4.78 is 0. The van der Waals surface area contributed by atoms with Crippen LogP contribution in [-0.2, 0) is 0 Å². The first kappa shape index (κ1) is 19.9. The van der Waals surface area contributed by atoms with Crippen molar-refractivity contribution in [1.82, 2.24) is 10.2 Å². The number of carbonyl (C=O) groups excluding carboxylic acids is 1. The van der Waals surface area contributed by atoms with Crippen molar-refractivity contribution in [2.24, 2.45) is 0 Å². The zero-order chi connectivity index (χ0) is 19.3. The maximum atomic E-state index is 12.3. The van der Waals surface area contributed by atoms with Gasteiger partial charge in [-0.05, 0) is 18.9 Å². The van der Waals surface area contributed by atoms with Crippen molar-refractivity contribution < 1.29 is 9.72 Å². The van der Waals surface area contributed by atoms with Gasteiger partial charge >= 0.3 is 0 Å². The second-order valence-electron chi connectivity index (χ2n) is 7.30. The van der Waals surface area contributed by atoms with Crippen LogP contribution < -0.4 is 10.6 Å². The fourth-order valence-corrected chi connectivity index (χ4v) is 5.14. The van der Waals surface area contributed by atoms with E-state index in [9.17, 15) is 14.9 Å². The second-order valence-corrected chi connectivity index (χ2v) is 8.53.